The molecule has 6 nitrogen and oxygen atoms in total. The summed E-state index contributed by atoms with van der Waals surface area (Å²) < 4.78 is 5.22. The molecule has 1 saturated heterocycles. The summed E-state index contributed by atoms with van der Waals surface area (Å²) in [4.78, 5) is 22.3. The Bertz CT molecular complexity index is 537. The van der Waals surface area contributed by atoms with E-state index >= 15 is 0 Å². The number of rotatable bonds is 3. The average molecular weight is 248 g/mol. The van der Waals surface area contributed by atoms with E-state index in [4.69, 9.17) is 4.74 Å². The Morgan fingerprint density at radius 1 is 1.33 bits per heavy atom. The second-order valence-corrected chi connectivity index (χ2v) is 3.59. The molecule has 1 fully saturated rings. The molecule has 2 rings (SSSR count). The Morgan fingerprint density at radius 3 is 2.72 bits per heavy atom. The Morgan fingerprint density at radius 2 is 2.11 bits per heavy atom. The molecule has 0 aromatic heterocycles. The normalized spacial score (nSPS) is 16.6. The van der Waals surface area contributed by atoms with Crippen molar-refractivity contribution in [1.29, 1.82) is 0 Å². The molecule has 6 heteroatoms. The molecule has 1 aliphatic rings. The van der Waals surface area contributed by atoms with Gasteiger partial charge in [-0.25, -0.2) is 4.79 Å². The molecular weight excluding hydrogens is 236 g/mol. The number of ether oxygens (including phenoxy) is 1. The van der Waals surface area contributed by atoms with Gasteiger partial charge in [-0.15, -0.1) is 0 Å². The van der Waals surface area contributed by atoms with Crippen molar-refractivity contribution < 1.29 is 19.4 Å². The summed E-state index contributed by atoms with van der Waals surface area (Å²) in [7, 11) is 0. The van der Waals surface area contributed by atoms with Gasteiger partial charge in [0.25, 0.3) is 5.91 Å². The molecule has 94 valence electrons. The van der Waals surface area contributed by atoms with Gasteiger partial charge in [0.2, 0.25) is 0 Å². The first-order chi connectivity index (χ1) is 8.61. The molecule has 0 spiro atoms. The molecule has 1 aromatic rings. The predicted molar refractivity (Wildman–Crippen MR) is 63.9 cm³/mol. The predicted octanol–water partition coefficient (Wildman–Crippen LogP) is 0.971. The third-order valence-electron chi connectivity index (χ3n) is 2.35. The van der Waals surface area contributed by atoms with Gasteiger partial charge in [0.05, 0.1) is 6.61 Å². The number of urea groups is 1. The van der Waals surface area contributed by atoms with Crippen molar-refractivity contribution in [3.63, 3.8) is 0 Å². The van der Waals surface area contributed by atoms with E-state index in [2.05, 4.69) is 10.6 Å². The van der Waals surface area contributed by atoms with Crippen molar-refractivity contribution in [3.05, 3.63) is 29.5 Å². The third-order valence-corrected chi connectivity index (χ3v) is 2.35. The van der Waals surface area contributed by atoms with Crippen molar-refractivity contribution in [3.8, 4) is 11.5 Å². The molecular formula is C12H12N2O4. The second kappa shape index (κ2) is 4.79. The molecule has 1 aromatic carbocycles. The number of amides is 3. The molecule has 3 amide bonds. The highest BCUT2D eigenvalue weighted by Gasteiger charge is 2.23. The Balaban J connectivity index is 2.35. The van der Waals surface area contributed by atoms with Gasteiger partial charge in [-0.1, -0.05) is 12.1 Å². The lowest BCUT2D eigenvalue weighted by Gasteiger charge is -2.07. The van der Waals surface area contributed by atoms with Crippen molar-refractivity contribution in [1.82, 2.24) is 10.6 Å². The monoisotopic (exact) mass is 248 g/mol. The number of hydrogen-bond acceptors (Lipinski definition) is 4. The highest BCUT2D eigenvalue weighted by Crippen LogP contribution is 2.31. The summed E-state index contributed by atoms with van der Waals surface area (Å²) in [6.45, 7) is 2.22. The summed E-state index contributed by atoms with van der Waals surface area (Å²) in [5, 5.41) is 14.3. The number of hydrogen-bond donors (Lipinski definition) is 3. The first-order valence-corrected chi connectivity index (χ1v) is 5.40. The minimum absolute atomic E-state index is 0.0687. The maximum atomic E-state index is 11.3. The molecule has 0 atom stereocenters. The fraction of sp³-hybridized carbons (Fsp3) is 0.167. The van der Waals surface area contributed by atoms with Gasteiger partial charge in [-0.2, -0.15) is 0 Å². The third kappa shape index (κ3) is 2.27. The van der Waals surface area contributed by atoms with Crippen molar-refractivity contribution in [2.24, 2.45) is 0 Å². The summed E-state index contributed by atoms with van der Waals surface area (Å²) in [5.74, 6) is -0.265. The van der Waals surface area contributed by atoms with Gasteiger partial charge in [0.1, 0.15) is 5.70 Å². The van der Waals surface area contributed by atoms with Gasteiger partial charge in [-0.3, -0.25) is 10.1 Å². The number of nitrogens with one attached hydrogen (secondary N) is 2. The zero-order valence-electron chi connectivity index (χ0n) is 9.69. The molecule has 0 bridgehead atoms. The standard InChI is InChI=1S/C12H12N2O4/c1-2-18-9-5-3-4-7(10(9)15)6-8-11(16)14-12(17)13-8/h3-6,15H,2H2,1H3,(H2,13,14,16,17)/b8-6+. The van der Waals surface area contributed by atoms with Gasteiger partial charge in [-0.05, 0) is 19.1 Å². The topological polar surface area (TPSA) is 87.7 Å². The molecule has 0 unspecified atom stereocenters. The molecule has 1 heterocycles. The lowest BCUT2D eigenvalue weighted by atomic mass is 10.1. The van der Waals surface area contributed by atoms with E-state index in [0.717, 1.165) is 0 Å². The van der Waals surface area contributed by atoms with Crippen molar-refractivity contribution in [2.45, 2.75) is 6.92 Å². The number of carbonyl (C=O) groups excluding carboxylic acids is 2. The van der Waals surface area contributed by atoms with Crippen LogP contribution in [0.5, 0.6) is 11.5 Å². The number of phenols is 1. The van der Waals surface area contributed by atoms with E-state index in [-0.39, 0.29) is 11.4 Å². The van der Waals surface area contributed by atoms with E-state index in [1.165, 1.54) is 6.08 Å². The minimum Gasteiger partial charge on any atom is -0.504 e. The smallest absolute Gasteiger partial charge is 0.326 e. The van der Waals surface area contributed by atoms with Gasteiger partial charge in [0.15, 0.2) is 11.5 Å². The molecule has 0 saturated carbocycles. The van der Waals surface area contributed by atoms with Crippen LogP contribution in [0.25, 0.3) is 6.08 Å². The summed E-state index contributed by atoms with van der Waals surface area (Å²) >= 11 is 0. The first-order valence-electron chi connectivity index (χ1n) is 5.40. The lowest BCUT2D eigenvalue weighted by molar-refractivity contribution is -0.115. The number of imide groups is 1. The zero-order chi connectivity index (χ0) is 13.1. The number of aromatic hydroxyl groups is 1. The first kappa shape index (κ1) is 12.0. The van der Waals surface area contributed by atoms with Crippen LogP contribution >= 0.6 is 0 Å². The maximum Gasteiger partial charge on any atom is 0.326 e. The van der Waals surface area contributed by atoms with Crippen LogP contribution in [0, 0.1) is 0 Å². The van der Waals surface area contributed by atoms with E-state index in [0.29, 0.717) is 17.9 Å². The Kier molecular flexibility index (Phi) is 3.18. The molecule has 0 aliphatic carbocycles. The fourth-order valence-corrected chi connectivity index (χ4v) is 1.57. The van der Waals surface area contributed by atoms with Crippen LogP contribution in [0.1, 0.15) is 12.5 Å². The SMILES string of the molecule is CCOc1cccc(/C=C2/NC(=O)NC2=O)c1O. The lowest BCUT2D eigenvalue weighted by Crippen LogP contribution is -2.22. The van der Waals surface area contributed by atoms with Crippen LogP contribution in [0.4, 0.5) is 4.79 Å². The van der Waals surface area contributed by atoms with Crippen molar-refractivity contribution in [2.75, 3.05) is 6.61 Å². The van der Waals surface area contributed by atoms with Crippen LogP contribution in [0.3, 0.4) is 0 Å². The summed E-state index contributed by atoms with van der Waals surface area (Å²) in [5.41, 5.74) is 0.484. The average Bonchev–Trinajstić information content (AvgIpc) is 2.63. The zero-order valence-corrected chi connectivity index (χ0v) is 9.69. The van der Waals surface area contributed by atoms with Crippen LogP contribution in [-0.2, 0) is 4.79 Å². The summed E-state index contributed by atoms with van der Waals surface area (Å²) in [6, 6.07) is 4.34. The molecule has 18 heavy (non-hydrogen) atoms. The number of para-hydroxylation sites is 1. The Labute approximate surface area is 103 Å². The largest absolute Gasteiger partial charge is 0.504 e. The molecule has 1 aliphatic heterocycles. The number of carbonyl (C=O) groups is 2. The fourth-order valence-electron chi connectivity index (χ4n) is 1.57. The number of benzene rings is 1. The molecule has 3 N–H and O–H groups in total. The highest BCUT2D eigenvalue weighted by atomic mass is 16.5. The maximum absolute atomic E-state index is 11.3. The van der Waals surface area contributed by atoms with E-state index in [9.17, 15) is 14.7 Å². The van der Waals surface area contributed by atoms with Crippen molar-refractivity contribution >= 4 is 18.0 Å². The van der Waals surface area contributed by atoms with E-state index in [1.807, 2.05) is 0 Å². The van der Waals surface area contributed by atoms with Crippen LogP contribution < -0.4 is 15.4 Å². The van der Waals surface area contributed by atoms with Gasteiger partial charge < -0.3 is 15.2 Å². The van der Waals surface area contributed by atoms with Gasteiger partial charge >= 0.3 is 6.03 Å². The van der Waals surface area contributed by atoms with Crippen LogP contribution in [0.2, 0.25) is 0 Å². The minimum atomic E-state index is -0.577. The van der Waals surface area contributed by atoms with E-state index in [1.54, 1.807) is 25.1 Å². The highest BCUT2D eigenvalue weighted by molar-refractivity contribution is 6.14. The van der Waals surface area contributed by atoms with E-state index < -0.39 is 11.9 Å². The molecule has 0 radical (unpaired) electrons. The quantitative estimate of drug-likeness (QED) is 0.549. The second-order valence-electron chi connectivity index (χ2n) is 3.59. The Hall–Kier alpha value is -2.50. The van der Waals surface area contributed by atoms with Crippen LogP contribution in [-0.4, -0.2) is 23.7 Å². The van der Waals surface area contributed by atoms with Crippen LogP contribution in [0.15, 0.2) is 23.9 Å². The number of phenolic OH excluding ortho intramolecular Hbond substituents is 1. The van der Waals surface area contributed by atoms with Gasteiger partial charge in [0, 0.05) is 5.56 Å². The summed E-state index contributed by atoms with van der Waals surface area (Å²) in [6.07, 6.45) is 1.39.